The lowest BCUT2D eigenvalue weighted by Crippen LogP contribution is -2.42. The quantitative estimate of drug-likeness (QED) is 0.714. The summed E-state index contributed by atoms with van der Waals surface area (Å²) >= 11 is 0. The van der Waals surface area contributed by atoms with Crippen LogP contribution in [0.2, 0.25) is 0 Å². The van der Waals surface area contributed by atoms with E-state index in [0.29, 0.717) is 6.42 Å². The number of carbonyl (C=O) groups excluding carboxylic acids is 2. The van der Waals surface area contributed by atoms with Gasteiger partial charge in [0.05, 0.1) is 6.04 Å². The number of alkyl carbamates (subject to hydrolysis) is 1. The van der Waals surface area contributed by atoms with Crippen LogP contribution >= 0.6 is 0 Å². The molecular formula is C10H18N2O3. The maximum Gasteiger partial charge on any atom is 0.407 e. The van der Waals surface area contributed by atoms with Crippen LogP contribution in [0, 0.1) is 0 Å². The Hall–Kier alpha value is -1.26. The normalized spacial score (nSPS) is 21.0. The molecule has 86 valence electrons. The highest BCUT2D eigenvalue weighted by Gasteiger charge is 2.22. The monoisotopic (exact) mass is 214 g/mol. The summed E-state index contributed by atoms with van der Waals surface area (Å²) in [5, 5.41) is 5.41. The van der Waals surface area contributed by atoms with E-state index in [2.05, 4.69) is 10.6 Å². The maximum atomic E-state index is 11.3. The highest BCUT2D eigenvalue weighted by atomic mass is 16.5. The predicted molar refractivity (Wildman–Crippen MR) is 55.4 cm³/mol. The van der Waals surface area contributed by atoms with Gasteiger partial charge < -0.3 is 15.4 Å². The first-order valence-electron chi connectivity index (χ1n) is 5.11. The largest absolute Gasteiger partial charge is 0.447 e. The van der Waals surface area contributed by atoms with Crippen LogP contribution in [-0.4, -0.2) is 30.2 Å². The molecule has 1 atom stereocenters. The molecule has 1 heterocycles. The number of carbonyl (C=O) groups is 2. The van der Waals surface area contributed by atoms with Gasteiger partial charge in [0.2, 0.25) is 5.91 Å². The fraction of sp³-hybridized carbons (Fsp3) is 0.800. The molecule has 5 nitrogen and oxygen atoms in total. The first-order chi connectivity index (χ1) is 6.87. The van der Waals surface area contributed by atoms with E-state index in [0.717, 1.165) is 6.42 Å². The van der Waals surface area contributed by atoms with Gasteiger partial charge in [-0.25, -0.2) is 4.79 Å². The van der Waals surface area contributed by atoms with Crippen molar-refractivity contribution in [1.82, 2.24) is 10.6 Å². The minimum atomic E-state index is -0.441. The lowest BCUT2D eigenvalue weighted by molar-refractivity contribution is -0.119. The molecule has 0 spiro atoms. The molecule has 0 aromatic heterocycles. The van der Waals surface area contributed by atoms with Gasteiger partial charge >= 0.3 is 6.09 Å². The number of nitrogens with one attached hydrogen (secondary N) is 2. The van der Waals surface area contributed by atoms with Gasteiger partial charge in [-0.05, 0) is 27.2 Å². The molecule has 0 unspecified atom stereocenters. The first-order valence-corrected chi connectivity index (χ1v) is 5.11. The summed E-state index contributed by atoms with van der Waals surface area (Å²) in [5.41, 5.74) is -0.296. The molecule has 0 radical (unpaired) electrons. The third-order valence-electron chi connectivity index (χ3n) is 1.98. The van der Waals surface area contributed by atoms with Crippen molar-refractivity contribution in [2.24, 2.45) is 0 Å². The Kier molecular flexibility index (Phi) is 3.55. The summed E-state index contributed by atoms with van der Waals surface area (Å²) in [5.74, 6) is 0.0276. The number of hydrogen-bond acceptors (Lipinski definition) is 3. The lowest BCUT2D eigenvalue weighted by Gasteiger charge is -2.20. The van der Waals surface area contributed by atoms with Crippen LogP contribution in [0.1, 0.15) is 33.6 Å². The van der Waals surface area contributed by atoms with Crippen molar-refractivity contribution < 1.29 is 14.3 Å². The molecule has 1 saturated heterocycles. The molecule has 1 aliphatic rings. The smallest absolute Gasteiger partial charge is 0.407 e. The van der Waals surface area contributed by atoms with E-state index >= 15 is 0 Å². The minimum absolute atomic E-state index is 0.0248. The van der Waals surface area contributed by atoms with Crippen molar-refractivity contribution in [2.45, 2.75) is 45.2 Å². The average molecular weight is 214 g/mol. The maximum absolute atomic E-state index is 11.3. The Labute approximate surface area is 89.6 Å². The highest BCUT2D eigenvalue weighted by molar-refractivity contribution is 5.78. The number of rotatable bonds is 2. The fourth-order valence-electron chi connectivity index (χ4n) is 1.32. The number of hydrogen-bond donors (Lipinski definition) is 2. The molecule has 1 fully saturated rings. The zero-order chi connectivity index (χ0) is 11.5. The number of ether oxygens (including phenoxy) is 1. The van der Waals surface area contributed by atoms with E-state index in [1.165, 1.54) is 0 Å². The van der Waals surface area contributed by atoms with E-state index in [9.17, 15) is 9.59 Å². The second-order valence-electron chi connectivity index (χ2n) is 4.78. The van der Waals surface area contributed by atoms with Crippen molar-refractivity contribution in [2.75, 3.05) is 6.61 Å². The fourth-order valence-corrected chi connectivity index (χ4v) is 1.32. The Morgan fingerprint density at radius 3 is 2.73 bits per heavy atom. The van der Waals surface area contributed by atoms with Gasteiger partial charge in [0.15, 0.2) is 0 Å². The lowest BCUT2D eigenvalue weighted by atomic mass is 10.1. The Morgan fingerprint density at radius 1 is 1.60 bits per heavy atom. The molecule has 0 aliphatic carbocycles. The summed E-state index contributed by atoms with van der Waals surface area (Å²) in [4.78, 5) is 22.1. The van der Waals surface area contributed by atoms with Crippen LogP contribution in [0.4, 0.5) is 4.79 Å². The van der Waals surface area contributed by atoms with E-state index in [1.807, 2.05) is 20.8 Å². The average Bonchev–Trinajstić information content (AvgIpc) is 2.45. The SMILES string of the molecule is CC(C)(C)NC(=O)OC[C@@H]1CCC(=O)N1. The molecule has 0 bridgehead atoms. The summed E-state index contributed by atoms with van der Waals surface area (Å²) < 4.78 is 4.99. The molecule has 0 saturated carbocycles. The van der Waals surface area contributed by atoms with Gasteiger partial charge in [-0.3, -0.25) is 4.79 Å². The second kappa shape index (κ2) is 4.51. The van der Waals surface area contributed by atoms with Crippen LogP contribution in [0.3, 0.4) is 0 Å². The second-order valence-corrected chi connectivity index (χ2v) is 4.78. The molecule has 1 aliphatic heterocycles. The van der Waals surface area contributed by atoms with Crippen LogP contribution < -0.4 is 10.6 Å². The number of amides is 2. The third-order valence-corrected chi connectivity index (χ3v) is 1.98. The van der Waals surface area contributed by atoms with Crippen LogP contribution in [0.25, 0.3) is 0 Å². The molecule has 2 amide bonds. The molecule has 0 aromatic carbocycles. The standard InChI is InChI=1S/C10H18N2O3/c1-10(2,3)12-9(14)15-6-7-4-5-8(13)11-7/h7H,4-6H2,1-3H3,(H,11,13)(H,12,14)/t7-/m0/s1. The molecule has 15 heavy (non-hydrogen) atoms. The molecule has 0 aromatic rings. The van der Waals surface area contributed by atoms with Crippen molar-refractivity contribution in [3.63, 3.8) is 0 Å². The van der Waals surface area contributed by atoms with Gasteiger partial charge in [0.25, 0.3) is 0 Å². The Morgan fingerprint density at radius 2 is 2.27 bits per heavy atom. The van der Waals surface area contributed by atoms with Gasteiger partial charge in [0, 0.05) is 12.0 Å². The zero-order valence-electron chi connectivity index (χ0n) is 9.42. The molecular weight excluding hydrogens is 196 g/mol. The zero-order valence-corrected chi connectivity index (χ0v) is 9.42. The summed E-state index contributed by atoms with van der Waals surface area (Å²) in [6.45, 7) is 5.89. The van der Waals surface area contributed by atoms with E-state index in [1.54, 1.807) is 0 Å². The highest BCUT2D eigenvalue weighted by Crippen LogP contribution is 2.07. The summed E-state index contributed by atoms with van der Waals surface area (Å²) in [6.07, 6.45) is 0.819. The van der Waals surface area contributed by atoms with Crippen LogP contribution in [0.15, 0.2) is 0 Å². The van der Waals surface area contributed by atoms with Gasteiger partial charge in [0.1, 0.15) is 6.61 Å². The van der Waals surface area contributed by atoms with Crippen molar-refractivity contribution in [3.05, 3.63) is 0 Å². The summed E-state index contributed by atoms with van der Waals surface area (Å²) in [6, 6.07) is -0.0248. The van der Waals surface area contributed by atoms with Crippen LogP contribution in [-0.2, 0) is 9.53 Å². The topological polar surface area (TPSA) is 67.4 Å². The van der Waals surface area contributed by atoms with E-state index in [4.69, 9.17) is 4.74 Å². The van der Waals surface area contributed by atoms with Gasteiger partial charge in [-0.2, -0.15) is 0 Å². The van der Waals surface area contributed by atoms with Gasteiger partial charge in [-0.15, -0.1) is 0 Å². The third kappa shape index (κ3) is 4.67. The van der Waals surface area contributed by atoms with Crippen LogP contribution in [0.5, 0.6) is 0 Å². The predicted octanol–water partition coefficient (Wildman–Crippen LogP) is 0.790. The van der Waals surface area contributed by atoms with Crippen molar-refractivity contribution in [3.8, 4) is 0 Å². The summed E-state index contributed by atoms with van der Waals surface area (Å²) in [7, 11) is 0. The van der Waals surface area contributed by atoms with Crippen molar-refractivity contribution in [1.29, 1.82) is 0 Å². The molecule has 2 N–H and O–H groups in total. The van der Waals surface area contributed by atoms with Gasteiger partial charge in [-0.1, -0.05) is 0 Å². The Bertz CT molecular complexity index is 258. The van der Waals surface area contributed by atoms with Crippen molar-refractivity contribution >= 4 is 12.0 Å². The minimum Gasteiger partial charge on any atom is -0.447 e. The first kappa shape index (κ1) is 11.8. The molecule has 1 rings (SSSR count). The van der Waals surface area contributed by atoms with E-state index < -0.39 is 6.09 Å². The Balaban J connectivity index is 2.20. The molecule has 5 heteroatoms. The van der Waals surface area contributed by atoms with E-state index in [-0.39, 0.29) is 24.1 Å².